The molecule has 0 bridgehead atoms. The molecule has 8 nitrogen and oxygen atoms in total. The summed E-state index contributed by atoms with van der Waals surface area (Å²) in [7, 11) is 0.184. The van der Waals surface area contributed by atoms with Gasteiger partial charge in [-0.15, -0.1) is 11.3 Å². The number of thiazole rings is 1. The summed E-state index contributed by atoms with van der Waals surface area (Å²) in [5, 5.41) is 1.73. The van der Waals surface area contributed by atoms with Crippen LogP contribution >= 0.6 is 11.3 Å². The number of aromatic nitrogens is 2. The fourth-order valence-corrected chi connectivity index (χ4v) is 3.71. The molecule has 0 aliphatic rings. The predicted octanol–water partition coefficient (Wildman–Crippen LogP) is -0.165. The van der Waals surface area contributed by atoms with Crippen molar-refractivity contribution in [2.75, 3.05) is 46.1 Å². The molecule has 0 saturated heterocycles. The van der Waals surface area contributed by atoms with Gasteiger partial charge in [0.05, 0.1) is 13.2 Å². The molecule has 21 heavy (non-hydrogen) atoms. The second-order valence-electron chi connectivity index (χ2n) is 4.67. The first-order valence-corrected chi connectivity index (χ1v) is 8.71. The van der Waals surface area contributed by atoms with Crippen LogP contribution in [0.4, 0.5) is 5.82 Å². The molecular weight excluding hydrogens is 314 g/mol. The quantitative estimate of drug-likeness (QED) is 0.651. The van der Waals surface area contributed by atoms with Crippen LogP contribution in [0, 0.1) is 0 Å². The smallest absolute Gasteiger partial charge is 0.260 e. The molecule has 118 valence electrons. The number of fused-ring (bicyclic) bond motifs is 1. The molecule has 0 atom stereocenters. The Kier molecular flexibility index (Phi) is 5.17. The molecule has 0 aliphatic carbocycles. The van der Waals surface area contributed by atoms with Crippen molar-refractivity contribution in [3.8, 4) is 0 Å². The molecule has 0 aromatic carbocycles. The van der Waals surface area contributed by atoms with Crippen LogP contribution in [0.2, 0.25) is 0 Å². The number of nitrogen functional groups attached to an aromatic ring is 1. The third kappa shape index (κ3) is 3.92. The number of likely N-dealkylation sites (N-methyl/N-ethyl adjacent to an activating group) is 1. The van der Waals surface area contributed by atoms with Crippen LogP contribution in [0.3, 0.4) is 0 Å². The summed E-state index contributed by atoms with van der Waals surface area (Å²) in [6.45, 7) is 1.83. The van der Waals surface area contributed by atoms with Crippen molar-refractivity contribution >= 4 is 32.1 Å². The van der Waals surface area contributed by atoms with E-state index in [0.29, 0.717) is 18.2 Å². The van der Waals surface area contributed by atoms with E-state index in [4.69, 9.17) is 10.5 Å². The van der Waals surface area contributed by atoms with E-state index in [2.05, 4.69) is 9.71 Å². The molecule has 2 aromatic rings. The summed E-state index contributed by atoms with van der Waals surface area (Å²) >= 11 is 1.33. The highest BCUT2D eigenvalue weighted by atomic mass is 32.2. The average molecular weight is 333 g/mol. The monoisotopic (exact) mass is 333 g/mol. The van der Waals surface area contributed by atoms with Crippen LogP contribution in [0.25, 0.3) is 4.96 Å². The minimum absolute atomic E-state index is 0.00266. The lowest BCUT2D eigenvalue weighted by Crippen LogP contribution is -2.29. The molecule has 0 spiro atoms. The second kappa shape index (κ2) is 6.71. The van der Waals surface area contributed by atoms with E-state index in [0.717, 1.165) is 6.54 Å². The van der Waals surface area contributed by atoms with Gasteiger partial charge >= 0.3 is 0 Å². The number of rotatable bonds is 8. The van der Waals surface area contributed by atoms with E-state index >= 15 is 0 Å². The van der Waals surface area contributed by atoms with Crippen molar-refractivity contribution in [3.63, 3.8) is 0 Å². The molecular formula is C11H19N5O3S2. The van der Waals surface area contributed by atoms with Crippen LogP contribution in [-0.4, -0.2) is 63.1 Å². The second-order valence-corrected chi connectivity index (χ2v) is 7.23. The largest absolute Gasteiger partial charge is 0.381 e. The van der Waals surface area contributed by atoms with Gasteiger partial charge < -0.3 is 15.4 Å². The maximum atomic E-state index is 12.3. The Bertz CT molecular complexity index is 692. The molecule has 2 aromatic heterocycles. The summed E-state index contributed by atoms with van der Waals surface area (Å²) in [6.07, 6.45) is 1.63. The fraction of sp³-hybridized carbons (Fsp3) is 0.545. The SMILES string of the molecule is CN(C)CCOCCNS(=O)(=O)c1c(N)nc2sccn12. The molecule has 3 N–H and O–H groups in total. The summed E-state index contributed by atoms with van der Waals surface area (Å²) in [6, 6.07) is 0. The Morgan fingerprint density at radius 2 is 2.24 bits per heavy atom. The predicted molar refractivity (Wildman–Crippen MR) is 82.0 cm³/mol. The number of imidazole rings is 1. The number of anilines is 1. The van der Waals surface area contributed by atoms with Gasteiger partial charge in [0, 0.05) is 24.7 Å². The zero-order chi connectivity index (χ0) is 15.5. The van der Waals surface area contributed by atoms with Gasteiger partial charge in [0.15, 0.2) is 15.8 Å². The summed E-state index contributed by atoms with van der Waals surface area (Å²) in [5.74, 6) is 0.00266. The molecule has 0 radical (unpaired) electrons. The van der Waals surface area contributed by atoms with Crippen LogP contribution in [-0.2, 0) is 14.8 Å². The van der Waals surface area contributed by atoms with Crippen molar-refractivity contribution in [1.29, 1.82) is 0 Å². The Hall–Kier alpha value is -1.20. The van der Waals surface area contributed by atoms with Crippen LogP contribution in [0.15, 0.2) is 16.6 Å². The number of nitrogens with two attached hydrogens (primary N) is 1. The number of sulfonamides is 1. The van der Waals surface area contributed by atoms with E-state index in [1.54, 1.807) is 11.6 Å². The molecule has 10 heteroatoms. The minimum atomic E-state index is -3.71. The van der Waals surface area contributed by atoms with E-state index in [-0.39, 0.29) is 17.4 Å². The van der Waals surface area contributed by atoms with E-state index in [1.807, 2.05) is 19.0 Å². The summed E-state index contributed by atoms with van der Waals surface area (Å²) in [4.78, 5) is 6.56. The number of nitrogens with one attached hydrogen (secondary N) is 1. The highest BCUT2D eigenvalue weighted by Gasteiger charge is 2.23. The van der Waals surface area contributed by atoms with Gasteiger partial charge in [0.2, 0.25) is 0 Å². The first-order valence-electron chi connectivity index (χ1n) is 6.35. The Labute approximate surface area is 127 Å². The van der Waals surface area contributed by atoms with Gasteiger partial charge in [0.25, 0.3) is 10.0 Å². The van der Waals surface area contributed by atoms with Gasteiger partial charge in [-0.1, -0.05) is 0 Å². The Morgan fingerprint density at radius 3 is 2.95 bits per heavy atom. The lowest BCUT2D eigenvalue weighted by molar-refractivity contribution is 0.122. The fourth-order valence-electron chi connectivity index (χ4n) is 1.71. The van der Waals surface area contributed by atoms with E-state index < -0.39 is 10.0 Å². The molecule has 0 amide bonds. The van der Waals surface area contributed by atoms with Crippen LogP contribution < -0.4 is 10.5 Å². The highest BCUT2D eigenvalue weighted by molar-refractivity contribution is 7.89. The lowest BCUT2D eigenvalue weighted by Gasteiger charge is -2.10. The molecule has 2 rings (SSSR count). The van der Waals surface area contributed by atoms with Crippen LogP contribution in [0.5, 0.6) is 0 Å². The van der Waals surface area contributed by atoms with Crippen LogP contribution in [0.1, 0.15) is 0 Å². The minimum Gasteiger partial charge on any atom is -0.381 e. The van der Waals surface area contributed by atoms with Crippen molar-refractivity contribution in [2.45, 2.75) is 5.03 Å². The van der Waals surface area contributed by atoms with Crippen molar-refractivity contribution in [2.24, 2.45) is 0 Å². The standard InChI is InChI=1S/C11H19N5O3S2/c1-15(2)4-7-19-6-3-13-21(17,18)10-9(12)14-11-16(10)5-8-20-11/h5,8,13H,3-4,6-7,12H2,1-2H3. The zero-order valence-electron chi connectivity index (χ0n) is 11.9. The van der Waals surface area contributed by atoms with Crippen molar-refractivity contribution in [1.82, 2.24) is 19.0 Å². The van der Waals surface area contributed by atoms with Gasteiger partial charge in [-0.05, 0) is 14.1 Å². The van der Waals surface area contributed by atoms with Gasteiger partial charge in [-0.2, -0.15) is 0 Å². The zero-order valence-corrected chi connectivity index (χ0v) is 13.6. The molecule has 2 heterocycles. The average Bonchev–Trinajstić information content (AvgIpc) is 2.92. The third-order valence-corrected chi connectivity index (χ3v) is 4.98. The Balaban J connectivity index is 1.93. The van der Waals surface area contributed by atoms with E-state index in [1.165, 1.54) is 15.7 Å². The number of hydrogen-bond donors (Lipinski definition) is 2. The van der Waals surface area contributed by atoms with Gasteiger partial charge in [0.1, 0.15) is 0 Å². The molecule has 0 saturated carbocycles. The summed E-state index contributed by atoms with van der Waals surface area (Å²) < 4.78 is 33.8. The molecule has 0 aliphatic heterocycles. The maximum absolute atomic E-state index is 12.3. The van der Waals surface area contributed by atoms with Gasteiger partial charge in [-0.25, -0.2) is 18.1 Å². The topological polar surface area (TPSA) is 102 Å². The van der Waals surface area contributed by atoms with Crippen molar-refractivity contribution in [3.05, 3.63) is 11.6 Å². The number of ether oxygens (including phenoxy) is 1. The number of hydrogen-bond acceptors (Lipinski definition) is 7. The summed E-state index contributed by atoms with van der Waals surface area (Å²) in [5.41, 5.74) is 5.69. The molecule has 0 fully saturated rings. The highest BCUT2D eigenvalue weighted by Crippen LogP contribution is 2.22. The third-order valence-electron chi connectivity index (χ3n) is 2.72. The van der Waals surface area contributed by atoms with Gasteiger partial charge in [-0.3, -0.25) is 4.40 Å². The van der Waals surface area contributed by atoms with E-state index in [9.17, 15) is 8.42 Å². The number of nitrogens with zero attached hydrogens (tertiary/aromatic N) is 3. The first-order chi connectivity index (χ1) is 9.92. The normalized spacial score (nSPS) is 12.5. The van der Waals surface area contributed by atoms with Crippen molar-refractivity contribution < 1.29 is 13.2 Å². The maximum Gasteiger partial charge on any atom is 0.260 e. The first kappa shape index (κ1) is 16.2. The molecule has 0 unspecified atom stereocenters. The Morgan fingerprint density at radius 1 is 1.48 bits per heavy atom. The lowest BCUT2D eigenvalue weighted by atomic mass is 10.6.